The largest absolute Gasteiger partial charge is 0.483 e. The molecule has 0 saturated carbocycles. The zero-order valence-corrected chi connectivity index (χ0v) is 18.9. The Morgan fingerprint density at radius 3 is 2.75 bits per heavy atom. The highest BCUT2D eigenvalue weighted by atomic mass is 16.5. The van der Waals surface area contributed by atoms with E-state index in [1.54, 1.807) is 9.80 Å². The van der Waals surface area contributed by atoms with Crippen molar-refractivity contribution in [1.29, 1.82) is 0 Å². The summed E-state index contributed by atoms with van der Waals surface area (Å²) in [5.74, 6) is 0.768. The lowest BCUT2D eigenvalue weighted by molar-refractivity contribution is -0.147. The number of H-pyrrole nitrogens is 1. The Bertz CT molecular complexity index is 1290. The van der Waals surface area contributed by atoms with Crippen LogP contribution in [0.2, 0.25) is 0 Å². The number of carbonyl (C=O) groups is 2. The van der Waals surface area contributed by atoms with Crippen LogP contribution in [0.1, 0.15) is 50.9 Å². The normalized spacial score (nSPS) is 25.9. The Labute approximate surface area is 187 Å². The van der Waals surface area contributed by atoms with Crippen LogP contribution < -0.4 is 4.74 Å². The maximum Gasteiger partial charge on any atom is 0.274 e. The fourth-order valence-electron chi connectivity index (χ4n) is 5.35. The zero-order chi connectivity index (χ0) is 22.4. The number of benzene rings is 1. The molecule has 1 aromatic carbocycles. The van der Waals surface area contributed by atoms with E-state index >= 15 is 0 Å². The molecular formula is C26H27N3O3. The Hall–Kier alpha value is -3.28. The summed E-state index contributed by atoms with van der Waals surface area (Å²) >= 11 is 0. The van der Waals surface area contributed by atoms with Crippen molar-refractivity contribution in [3.05, 3.63) is 59.1 Å². The van der Waals surface area contributed by atoms with Gasteiger partial charge in [-0.05, 0) is 38.0 Å². The van der Waals surface area contributed by atoms with Crippen LogP contribution in [0.5, 0.6) is 5.75 Å². The molecule has 6 rings (SSSR count). The number of hydrogen-bond acceptors (Lipinski definition) is 3. The average molecular weight is 430 g/mol. The first kappa shape index (κ1) is 19.4. The highest BCUT2D eigenvalue weighted by molar-refractivity contribution is 6.06. The summed E-state index contributed by atoms with van der Waals surface area (Å²) in [4.78, 5) is 33.5. The van der Waals surface area contributed by atoms with Gasteiger partial charge >= 0.3 is 0 Å². The maximum absolute atomic E-state index is 13.4. The Kier molecular flexibility index (Phi) is 3.73. The quantitative estimate of drug-likeness (QED) is 0.688. The first-order chi connectivity index (χ1) is 15.1. The van der Waals surface area contributed by atoms with Crippen molar-refractivity contribution in [3.63, 3.8) is 0 Å². The molecule has 1 N–H and O–H groups in total. The van der Waals surface area contributed by atoms with E-state index in [0.29, 0.717) is 18.7 Å². The Morgan fingerprint density at radius 2 is 1.94 bits per heavy atom. The summed E-state index contributed by atoms with van der Waals surface area (Å²) < 4.78 is 6.18. The van der Waals surface area contributed by atoms with E-state index in [4.69, 9.17) is 4.74 Å². The van der Waals surface area contributed by atoms with Crippen LogP contribution in [-0.4, -0.2) is 44.8 Å². The van der Waals surface area contributed by atoms with E-state index in [9.17, 15) is 9.59 Å². The minimum atomic E-state index is -0.537. The van der Waals surface area contributed by atoms with Crippen LogP contribution >= 0.6 is 0 Å². The molecule has 4 aliphatic rings. The molecule has 0 spiro atoms. The number of allylic oxidation sites excluding steroid dienone is 1. The molecule has 0 bridgehead atoms. The van der Waals surface area contributed by atoms with E-state index in [0.717, 1.165) is 39.9 Å². The van der Waals surface area contributed by atoms with Crippen LogP contribution in [0.15, 0.2) is 42.3 Å². The molecule has 1 saturated heterocycles. The van der Waals surface area contributed by atoms with Crippen LogP contribution in [0.3, 0.4) is 0 Å². The third-order valence-electron chi connectivity index (χ3n) is 7.09. The SMILES string of the molecule is CC1(C)C=Cc2cc3c4c([nH]c3cc2O1)C(C)(C)/C=C\N1C(=O)C2=CCCN2C(=O)[C@@H]1C4. The van der Waals surface area contributed by atoms with Gasteiger partial charge in [0.2, 0.25) is 0 Å². The predicted octanol–water partition coefficient (Wildman–Crippen LogP) is 4.03. The van der Waals surface area contributed by atoms with Gasteiger partial charge in [0, 0.05) is 52.8 Å². The number of hydrogen-bond donors (Lipinski definition) is 1. The number of nitrogens with one attached hydrogen (secondary N) is 1. The number of carbonyl (C=O) groups excluding carboxylic acids is 2. The van der Waals surface area contributed by atoms with Gasteiger partial charge in [0.15, 0.2) is 0 Å². The number of ether oxygens (including phenoxy) is 1. The topological polar surface area (TPSA) is 65.6 Å². The summed E-state index contributed by atoms with van der Waals surface area (Å²) in [6.07, 6.45) is 11.1. The molecule has 0 aliphatic carbocycles. The lowest BCUT2D eigenvalue weighted by atomic mass is 9.82. The fourth-order valence-corrected chi connectivity index (χ4v) is 5.35. The molecule has 0 radical (unpaired) electrons. The minimum absolute atomic E-state index is 0.000875. The smallest absolute Gasteiger partial charge is 0.274 e. The van der Waals surface area contributed by atoms with Crippen LogP contribution in [0.25, 0.3) is 17.0 Å². The number of piperazine rings is 1. The van der Waals surface area contributed by atoms with Gasteiger partial charge in [0.25, 0.3) is 11.8 Å². The molecule has 4 aliphatic heterocycles. The van der Waals surface area contributed by atoms with Crippen molar-refractivity contribution in [2.24, 2.45) is 0 Å². The first-order valence-electron chi connectivity index (χ1n) is 11.3. The summed E-state index contributed by atoms with van der Waals surface area (Å²) in [5, 5.41) is 1.08. The molecule has 0 unspecified atom stereocenters. The van der Waals surface area contributed by atoms with Gasteiger partial charge in [0.1, 0.15) is 23.1 Å². The predicted molar refractivity (Wildman–Crippen MR) is 123 cm³/mol. The fraction of sp³-hybridized carbons (Fsp3) is 0.385. The second kappa shape index (κ2) is 6.15. The number of fused-ring (bicyclic) bond motifs is 6. The summed E-state index contributed by atoms with van der Waals surface area (Å²) in [7, 11) is 0. The lowest BCUT2D eigenvalue weighted by Gasteiger charge is -2.40. The monoisotopic (exact) mass is 429 g/mol. The van der Waals surface area contributed by atoms with Gasteiger partial charge in [-0.25, -0.2) is 0 Å². The van der Waals surface area contributed by atoms with Gasteiger partial charge in [-0.3, -0.25) is 9.59 Å². The minimum Gasteiger partial charge on any atom is -0.483 e. The molecule has 1 atom stereocenters. The molecule has 32 heavy (non-hydrogen) atoms. The molecule has 6 heteroatoms. The van der Waals surface area contributed by atoms with Crippen molar-refractivity contribution in [3.8, 4) is 5.75 Å². The second-order valence-electron chi connectivity index (χ2n) is 10.3. The first-order valence-corrected chi connectivity index (χ1v) is 11.3. The van der Waals surface area contributed by atoms with Crippen molar-refractivity contribution in [1.82, 2.24) is 14.8 Å². The molecule has 1 aromatic heterocycles. The number of rotatable bonds is 0. The number of amides is 2. The van der Waals surface area contributed by atoms with Gasteiger partial charge in [-0.1, -0.05) is 32.1 Å². The second-order valence-corrected chi connectivity index (χ2v) is 10.3. The molecule has 1 fully saturated rings. The van der Waals surface area contributed by atoms with Crippen molar-refractivity contribution in [2.75, 3.05) is 6.54 Å². The van der Waals surface area contributed by atoms with Gasteiger partial charge in [0.05, 0.1) is 0 Å². The van der Waals surface area contributed by atoms with Crippen molar-refractivity contribution < 1.29 is 14.3 Å². The third-order valence-corrected chi connectivity index (χ3v) is 7.09. The van der Waals surface area contributed by atoms with Crippen molar-refractivity contribution in [2.45, 2.75) is 57.6 Å². The van der Waals surface area contributed by atoms with Gasteiger partial charge in [-0.15, -0.1) is 0 Å². The molecule has 6 nitrogen and oxygen atoms in total. The zero-order valence-electron chi connectivity index (χ0n) is 18.9. The van der Waals surface area contributed by atoms with E-state index in [1.807, 2.05) is 32.2 Å². The summed E-state index contributed by atoms with van der Waals surface area (Å²) in [6.45, 7) is 8.94. The van der Waals surface area contributed by atoms with E-state index < -0.39 is 6.04 Å². The third kappa shape index (κ3) is 2.65. The highest BCUT2D eigenvalue weighted by Gasteiger charge is 2.45. The summed E-state index contributed by atoms with van der Waals surface area (Å²) in [5.41, 5.74) is 4.04. The maximum atomic E-state index is 13.4. The molecule has 5 heterocycles. The molecule has 2 amide bonds. The average Bonchev–Trinajstić information content (AvgIpc) is 3.34. The van der Waals surface area contributed by atoms with E-state index in [1.165, 1.54) is 0 Å². The lowest BCUT2D eigenvalue weighted by Crippen LogP contribution is -2.56. The van der Waals surface area contributed by atoms with E-state index in [-0.39, 0.29) is 22.8 Å². The van der Waals surface area contributed by atoms with Crippen molar-refractivity contribution >= 4 is 28.8 Å². The van der Waals surface area contributed by atoms with Crippen LogP contribution in [0.4, 0.5) is 0 Å². The molecular weight excluding hydrogens is 402 g/mol. The Balaban J connectivity index is 1.53. The van der Waals surface area contributed by atoms with Crippen LogP contribution in [-0.2, 0) is 21.4 Å². The van der Waals surface area contributed by atoms with E-state index in [2.05, 4.69) is 43.1 Å². The summed E-state index contributed by atoms with van der Waals surface area (Å²) in [6, 6.07) is 3.67. The van der Waals surface area contributed by atoms with Gasteiger partial charge in [-0.2, -0.15) is 0 Å². The molecule has 2 aromatic rings. The Morgan fingerprint density at radius 1 is 1.12 bits per heavy atom. The number of aromatic nitrogens is 1. The number of aromatic amines is 1. The highest BCUT2D eigenvalue weighted by Crippen LogP contribution is 2.41. The molecule has 164 valence electrons. The van der Waals surface area contributed by atoms with Crippen LogP contribution in [0, 0.1) is 0 Å². The standard InChI is InChI=1S/C26H27N3O3/c1-25(2)9-11-29-20(24(31)28-10-5-6-19(28)23(29)30)13-17-16-12-15-7-8-26(3,4)32-21(15)14-18(16)27-22(17)25/h6-9,11-12,14,20,27H,5,10,13H2,1-4H3/b11-9-/t20-/m0/s1. The van der Waals surface area contributed by atoms with Gasteiger partial charge < -0.3 is 19.5 Å². The number of nitrogens with zero attached hydrogens (tertiary/aromatic N) is 2.